The molecule has 1 fully saturated rings. The number of ether oxygens (including phenoxy) is 1. The fraction of sp³-hybridized carbons (Fsp3) is 0.526. The minimum absolute atomic E-state index is 0.236. The van der Waals surface area contributed by atoms with Crippen LogP contribution < -0.4 is 0 Å². The van der Waals surface area contributed by atoms with Crippen LogP contribution in [0.3, 0.4) is 0 Å². The van der Waals surface area contributed by atoms with Crippen molar-refractivity contribution in [1.29, 1.82) is 0 Å². The van der Waals surface area contributed by atoms with Crippen molar-refractivity contribution in [2.45, 2.75) is 32.6 Å². The fourth-order valence-electron chi connectivity index (χ4n) is 3.15. The van der Waals surface area contributed by atoms with Crippen molar-refractivity contribution in [1.82, 2.24) is 14.9 Å². The molecule has 5 nitrogen and oxygen atoms in total. The summed E-state index contributed by atoms with van der Waals surface area (Å²) in [6, 6.07) is 3.92. The molecule has 1 aliphatic rings. The smallest absolute Gasteiger partial charge is 0.222 e. The summed E-state index contributed by atoms with van der Waals surface area (Å²) in [5.41, 5.74) is 2.07. The van der Waals surface area contributed by atoms with Crippen molar-refractivity contribution in [2.24, 2.45) is 5.92 Å². The Morgan fingerprint density at radius 3 is 3.04 bits per heavy atom. The number of aryl methyl sites for hydroxylation is 1. The maximum Gasteiger partial charge on any atom is 0.222 e. The van der Waals surface area contributed by atoms with Gasteiger partial charge in [-0.3, -0.25) is 9.78 Å². The fourth-order valence-corrected chi connectivity index (χ4v) is 4.01. The minimum atomic E-state index is 0.236. The molecule has 1 aliphatic heterocycles. The maximum atomic E-state index is 12.5. The molecule has 3 heterocycles. The molecule has 2 aromatic heterocycles. The van der Waals surface area contributed by atoms with E-state index in [9.17, 15) is 4.79 Å². The minimum Gasteiger partial charge on any atom is -0.381 e. The summed E-state index contributed by atoms with van der Waals surface area (Å²) in [6.07, 6.45) is 7.01. The molecule has 0 saturated carbocycles. The van der Waals surface area contributed by atoms with Crippen LogP contribution in [-0.2, 0) is 16.0 Å². The number of likely N-dealkylation sites (tertiary alicyclic amines) is 1. The zero-order valence-corrected chi connectivity index (χ0v) is 15.5. The summed E-state index contributed by atoms with van der Waals surface area (Å²) in [5, 5.41) is 3.04. The standard InChI is InChI=1S/C19H25N3O2S/c1-2-24-13-15-4-3-11-22(12-15)18(23)6-5-17-14-25-19(21-17)16-7-9-20-10-8-16/h7-10,14-15H,2-6,11-13H2,1H3. The van der Waals surface area contributed by atoms with E-state index >= 15 is 0 Å². The number of aromatic nitrogens is 2. The molecule has 2 aromatic rings. The first-order chi connectivity index (χ1) is 12.3. The van der Waals surface area contributed by atoms with Gasteiger partial charge in [0.05, 0.1) is 12.3 Å². The van der Waals surface area contributed by atoms with Crippen molar-refractivity contribution in [3.63, 3.8) is 0 Å². The second kappa shape index (κ2) is 9.06. The van der Waals surface area contributed by atoms with Crippen LogP contribution in [0, 0.1) is 5.92 Å². The quantitative estimate of drug-likeness (QED) is 0.760. The molecule has 0 radical (unpaired) electrons. The summed E-state index contributed by atoms with van der Waals surface area (Å²) >= 11 is 1.62. The highest BCUT2D eigenvalue weighted by molar-refractivity contribution is 7.13. The van der Waals surface area contributed by atoms with E-state index in [1.54, 1.807) is 23.7 Å². The molecule has 0 N–H and O–H groups in total. The third-order valence-electron chi connectivity index (χ3n) is 4.50. The van der Waals surface area contributed by atoms with Gasteiger partial charge in [0.2, 0.25) is 5.91 Å². The maximum absolute atomic E-state index is 12.5. The largest absolute Gasteiger partial charge is 0.381 e. The van der Waals surface area contributed by atoms with E-state index < -0.39 is 0 Å². The molecule has 3 rings (SSSR count). The number of rotatable bonds is 7. The van der Waals surface area contributed by atoms with E-state index in [-0.39, 0.29) is 5.91 Å². The van der Waals surface area contributed by atoms with Crippen LogP contribution in [0.15, 0.2) is 29.9 Å². The molecule has 1 saturated heterocycles. The van der Waals surface area contributed by atoms with Gasteiger partial charge in [-0.1, -0.05) is 0 Å². The van der Waals surface area contributed by atoms with Crippen LogP contribution in [0.2, 0.25) is 0 Å². The summed E-state index contributed by atoms with van der Waals surface area (Å²) in [5.74, 6) is 0.717. The number of thiazole rings is 1. The third-order valence-corrected chi connectivity index (χ3v) is 5.44. The zero-order chi connectivity index (χ0) is 17.5. The molecule has 1 atom stereocenters. The summed E-state index contributed by atoms with van der Waals surface area (Å²) in [4.78, 5) is 23.2. The van der Waals surface area contributed by atoms with Gasteiger partial charge in [-0.25, -0.2) is 4.98 Å². The van der Waals surface area contributed by atoms with E-state index in [4.69, 9.17) is 4.74 Å². The molecule has 1 amide bonds. The highest BCUT2D eigenvalue weighted by Gasteiger charge is 2.23. The molecule has 0 bridgehead atoms. The molecular formula is C19H25N3O2S. The Labute approximate surface area is 153 Å². The van der Waals surface area contributed by atoms with Gasteiger partial charge in [-0.05, 0) is 44.2 Å². The van der Waals surface area contributed by atoms with Crippen molar-refractivity contribution in [3.05, 3.63) is 35.6 Å². The van der Waals surface area contributed by atoms with E-state index in [1.165, 1.54) is 0 Å². The average Bonchev–Trinajstić information content (AvgIpc) is 3.14. The monoisotopic (exact) mass is 359 g/mol. The lowest BCUT2D eigenvalue weighted by molar-refractivity contribution is -0.133. The number of hydrogen-bond acceptors (Lipinski definition) is 5. The predicted octanol–water partition coefficient (Wildman–Crippen LogP) is 3.41. The topological polar surface area (TPSA) is 55.3 Å². The lowest BCUT2D eigenvalue weighted by atomic mass is 9.98. The van der Waals surface area contributed by atoms with Crippen LogP contribution in [0.5, 0.6) is 0 Å². The summed E-state index contributed by atoms with van der Waals surface area (Å²) < 4.78 is 5.52. The highest BCUT2D eigenvalue weighted by atomic mass is 32.1. The lowest BCUT2D eigenvalue weighted by Crippen LogP contribution is -2.41. The third kappa shape index (κ3) is 5.09. The van der Waals surface area contributed by atoms with Crippen molar-refractivity contribution >= 4 is 17.2 Å². The van der Waals surface area contributed by atoms with Crippen molar-refractivity contribution in [3.8, 4) is 10.6 Å². The molecule has 0 spiro atoms. The van der Waals surface area contributed by atoms with Gasteiger partial charge in [0.15, 0.2) is 0 Å². The number of amides is 1. The Morgan fingerprint density at radius 2 is 2.24 bits per heavy atom. The van der Waals surface area contributed by atoms with Gasteiger partial charge < -0.3 is 9.64 Å². The second-order valence-corrected chi connectivity index (χ2v) is 7.25. The SMILES string of the molecule is CCOCC1CCCN(C(=O)CCc2csc(-c3ccncc3)n2)C1. The predicted molar refractivity (Wildman–Crippen MR) is 99.5 cm³/mol. The molecule has 0 aliphatic carbocycles. The normalized spacial score (nSPS) is 17.6. The Hall–Kier alpha value is -1.79. The highest BCUT2D eigenvalue weighted by Crippen LogP contribution is 2.24. The second-order valence-electron chi connectivity index (χ2n) is 6.39. The van der Waals surface area contributed by atoms with E-state index in [0.29, 0.717) is 18.8 Å². The van der Waals surface area contributed by atoms with Crippen LogP contribution in [0.25, 0.3) is 10.6 Å². The molecule has 134 valence electrons. The Balaban J connectivity index is 1.50. The van der Waals surface area contributed by atoms with Crippen molar-refractivity contribution in [2.75, 3.05) is 26.3 Å². The number of pyridine rings is 1. The first-order valence-corrected chi connectivity index (χ1v) is 9.84. The number of hydrogen-bond donors (Lipinski definition) is 0. The Morgan fingerprint density at radius 1 is 1.40 bits per heavy atom. The molecule has 1 unspecified atom stereocenters. The molecule has 25 heavy (non-hydrogen) atoms. The van der Waals surface area contributed by atoms with E-state index in [2.05, 4.69) is 15.3 Å². The number of piperidine rings is 1. The molecule has 6 heteroatoms. The Kier molecular flexibility index (Phi) is 6.53. The molecular weight excluding hydrogens is 334 g/mol. The average molecular weight is 359 g/mol. The number of carbonyl (C=O) groups excluding carboxylic acids is 1. The van der Waals surface area contributed by atoms with Gasteiger partial charge in [-0.15, -0.1) is 11.3 Å². The summed E-state index contributed by atoms with van der Waals surface area (Å²) in [7, 11) is 0. The summed E-state index contributed by atoms with van der Waals surface area (Å²) in [6.45, 7) is 5.23. The zero-order valence-electron chi connectivity index (χ0n) is 14.7. The van der Waals surface area contributed by atoms with Crippen LogP contribution in [0.1, 0.15) is 31.9 Å². The van der Waals surface area contributed by atoms with E-state index in [1.807, 2.05) is 24.0 Å². The van der Waals surface area contributed by atoms with Crippen LogP contribution in [-0.4, -0.2) is 47.1 Å². The first kappa shape index (κ1) is 18.0. The van der Waals surface area contributed by atoms with Gasteiger partial charge in [0.1, 0.15) is 5.01 Å². The van der Waals surface area contributed by atoms with Crippen LogP contribution >= 0.6 is 11.3 Å². The van der Waals surface area contributed by atoms with Crippen molar-refractivity contribution < 1.29 is 9.53 Å². The first-order valence-electron chi connectivity index (χ1n) is 8.96. The molecule has 0 aromatic carbocycles. The van der Waals surface area contributed by atoms with Gasteiger partial charge in [0.25, 0.3) is 0 Å². The number of carbonyl (C=O) groups is 1. The van der Waals surface area contributed by atoms with Crippen LogP contribution in [0.4, 0.5) is 0 Å². The van der Waals surface area contributed by atoms with Gasteiger partial charge >= 0.3 is 0 Å². The lowest BCUT2D eigenvalue weighted by Gasteiger charge is -2.32. The van der Waals surface area contributed by atoms with Gasteiger partial charge in [0, 0.05) is 49.5 Å². The Bertz CT molecular complexity index is 674. The van der Waals surface area contributed by atoms with Gasteiger partial charge in [-0.2, -0.15) is 0 Å². The number of nitrogens with zero attached hydrogens (tertiary/aromatic N) is 3. The van der Waals surface area contributed by atoms with E-state index in [0.717, 1.165) is 55.4 Å².